The van der Waals surface area contributed by atoms with E-state index >= 15 is 0 Å². The van der Waals surface area contributed by atoms with Gasteiger partial charge in [-0.15, -0.1) is 11.8 Å². The van der Waals surface area contributed by atoms with Crippen molar-refractivity contribution in [3.63, 3.8) is 0 Å². The normalized spacial score (nSPS) is 17.8. The zero-order valence-electron chi connectivity index (χ0n) is 12.4. The maximum absolute atomic E-state index is 12.3. The second kappa shape index (κ2) is 6.63. The third-order valence-corrected chi connectivity index (χ3v) is 4.81. The zero-order chi connectivity index (χ0) is 14.6. The van der Waals surface area contributed by atoms with Gasteiger partial charge in [-0.05, 0) is 31.7 Å². The van der Waals surface area contributed by atoms with Gasteiger partial charge in [-0.3, -0.25) is 9.48 Å². The molecule has 0 spiro atoms. The van der Waals surface area contributed by atoms with Crippen LogP contribution in [-0.4, -0.2) is 40.7 Å². The average Bonchev–Trinajstić information content (AvgIpc) is 3.22. The van der Waals surface area contributed by atoms with Crippen molar-refractivity contribution in [3.05, 3.63) is 12.4 Å². The largest absolute Gasteiger partial charge is 0.468 e. The van der Waals surface area contributed by atoms with Crippen molar-refractivity contribution in [2.75, 3.05) is 19.4 Å². The van der Waals surface area contributed by atoms with Crippen LogP contribution >= 0.6 is 11.8 Å². The molecule has 0 radical (unpaired) electrons. The second-order valence-electron chi connectivity index (χ2n) is 5.30. The lowest BCUT2D eigenvalue weighted by Crippen LogP contribution is -2.57. The van der Waals surface area contributed by atoms with E-state index in [4.69, 9.17) is 4.74 Å². The summed E-state index contributed by atoms with van der Waals surface area (Å²) in [6.45, 7) is 2.94. The van der Waals surface area contributed by atoms with Crippen LogP contribution in [0.3, 0.4) is 0 Å². The Morgan fingerprint density at radius 1 is 1.65 bits per heavy atom. The predicted molar refractivity (Wildman–Crippen MR) is 79.7 cm³/mol. The highest BCUT2D eigenvalue weighted by atomic mass is 32.2. The molecule has 1 heterocycles. The van der Waals surface area contributed by atoms with Gasteiger partial charge >= 0.3 is 5.97 Å². The van der Waals surface area contributed by atoms with Crippen LogP contribution in [0.5, 0.6) is 0 Å². The van der Waals surface area contributed by atoms with Gasteiger partial charge in [0.05, 0.1) is 13.3 Å². The summed E-state index contributed by atoms with van der Waals surface area (Å²) in [5.41, 5.74) is -0.550. The van der Waals surface area contributed by atoms with Crippen LogP contribution in [0.2, 0.25) is 0 Å². The van der Waals surface area contributed by atoms with Crippen molar-refractivity contribution in [3.8, 4) is 0 Å². The zero-order valence-corrected chi connectivity index (χ0v) is 13.2. The fraction of sp³-hybridized carbons (Fsp3) is 0.714. The molecule has 1 unspecified atom stereocenters. The molecule has 0 amide bonds. The number of hydrogen-bond donors (Lipinski definition) is 1. The van der Waals surface area contributed by atoms with Crippen molar-refractivity contribution in [1.29, 1.82) is 0 Å². The number of carbonyl (C=O) groups excluding carboxylic acids is 1. The number of aryl methyl sites for hydroxylation is 1. The van der Waals surface area contributed by atoms with E-state index in [0.717, 1.165) is 30.7 Å². The van der Waals surface area contributed by atoms with Gasteiger partial charge in [-0.1, -0.05) is 6.92 Å². The van der Waals surface area contributed by atoms with E-state index in [2.05, 4.69) is 17.3 Å². The molecular formula is C14H23N3O2S. The van der Waals surface area contributed by atoms with Crippen LogP contribution in [0.25, 0.3) is 0 Å². The minimum absolute atomic E-state index is 0.134. The summed E-state index contributed by atoms with van der Waals surface area (Å²) in [5.74, 6) is 0.950. The van der Waals surface area contributed by atoms with Gasteiger partial charge in [-0.2, -0.15) is 5.10 Å². The molecule has 112 valence electrons. The van der Waals surface area contributed by atoms with Crippen LogP contribution < -0.4 is 5.32 Å². The summed E-state index contributed by atoms with van der Waals surface area (Å²) in [5, 5.41) is 7.61. The quantitative estimate of drug-likeness (QED) is 0.586. The summed E-state index contributed by atoms with van der Waals surface area (Å²) in [7, 11) is 3.37. The van der Waals surface area contributed by atoms with Crippen LogP contribution in [0.15, 0.2) is 17.3 Å². The SMILES string of the molecule is CCCNC(CSc1cnn(C)c1)(C(=O)OC)C1CC1. The molecule has 2 rings (SSSR count). The van der Waals surface area contributed by atoms with Gasteiger partial charge in [0.2, 0.25) is 0 Å². The molecule has 1 aliphatic rings. The first-order chi connectivity index (χ1) is 9.62. The van der Waals surface area contributed by atoms with Crippen LogP contribution in [0.4, 0.5) is 0 Å². The third-order valence-electron chi connectivity index (χ3n) is 3.66. The average molecular weight is 297 g/mol. The molecule has 1 aliphatic carbocycles. The molecule has 1 saturated carbocycles. The summed E-state index contributed by atoms with van der Waals surface area (Å²) < 4.78 is 6.85. The number of nitrogens with one attached hydrogen (secondary N) is 1. The lowest BCUT2D eigenvalue weighted by molar-refractivity contribution is -0.148. The smallest absolute Gasteiger partial charge is 0.327 e. The Morgan fingerprint density at radius 2 is 2.40 bits per heavy atom. The second-order valence-corrected chi connectivity index (χ2v) is 6.35. The molecule has 1 N–H and O–H groups in total. The summed E-state index contributed by atoms with van der Waals surface area (Å²) in [6, 6.07) is 0. The van der Waals surface area contributed by atoms with E-state index in [1.54, 1.807) is 16.4 Å². The Hall–Kier alpha value is -1.01. The summed E-state index contributed by atoms with van der Waals surface area (Å²) in [4.78, 5) is 13.4. The number of nitrogens with zero attached hydrogens (tertiary/aromatic N) is 2. The third kappa shape index (κ3) is 3.35. The van der Waals surface area contributed by atoms with Gasteiger partial charge in [0.1, 0.15) is 5.54 Å². The Bertz CT molecular complexity index is 459. The minimum Gasteiger partial charge on any atom is -0.468 e. The standard InChI is InChI=1S/C14H23N3O2S/c1-4-7-15-14(11-5-6-11,13(18)19-3)10-20-12-8-16-17(2)9-12/h8-9,11,15H,4-7,10H2,1-3H3. The lowest BCUT2D eigenvalue weighted by atomic mass is 9.95. The highest BCUT2D eigenvalue weighted by Crippen LogP contribution is 2.43. The number of esters is 1. The number of methoxy groups -OCH3 is 1. The Morgan fingerprint density at radius 3 is 2.90 bits per heavy atom. The molecule has 6 heteroatoms. The van der Waals surface area contributed by atoms with Gasteiger partial charge in [0.25, 0.3) is 0 Å². The van der Waals surface area contributed by atoms with Crippen molar-refractivity contribution >= 4 is 17.7 Å². The topological polar surface area (TPSA) is 56.2 Å². The van der Waals surface area contributed by atoms with Crippen molar-refractivity contribution in [1.82, 2.24) is 15.1 Å². The number of hydrogen-bond acceptors (Lipinski definition) is 5. The Kier molecular flexibility index (Phi) is 5.10. The van der Waals surface area contributed by atoms with Crippen LogP contribution in [0, 0.1) is 5.92 Å². The molecule has 0 aromatic carbocycles. The molecule has 1 aromatic heterocycles. The maximum atomic E-state index is 12.3. The van der Waals surface area contributed by atoms with E-state index in [-0.39, 0.29) is 5.97 Å². The Balaban J connectivity index is 2.09. The molecule has 1 fully saturated rings. The molecule has 1 atom stereocenters. The van der Waals surface area contributed by atoms with Gasteiger partial charge < -0.3 is 10.1 Å². The first-order valence-electron chi connectivity index (χ1n) is 7.07. The fourth-order valence-corrected chi connectivity index (χ4v) is 3.59. The minimum atomic E-state index is -0.550. The molecule has 1 aromatic rings. The highest BCUT2D eigenvalue weighted by Gasteiger charge is 2.51. The molecule has 0 bridgehead atoms. The molecular weight excluding hydrogens is 274 g/mol. The van der Waals surface area contributed by atoms with Crippen molar-refractivity contribution in [2.24, 2.45) is 13.0 Å². The summed E-state index contributed by atoms with van der Waals surface area (Å²) in [6.07, 6.45) is 7.00. The number of rotatable bonds is 8. The fourth-order valence-electron chi connectivity index (χ4n) is 2.39. The number of thioether (sulfide) groups is 1. The molecule has 0 saturated heterocycles. The number of aromatic nitrogens is 2. The first-order valence-corrected chi connectivity index (χ1v) is 8.06. The van der Waals surface area contributed by atoms with E-state index in [9.17, 15) is 4.79 Å². The van der Waals surface area contributed by atoms with E-state index in [1.165, 1.54) is 7.11 Å². The van der Waals surface area contributed by atoms with E-state index in [0.29, 0.717) is 11.7 Å². The Labute approximate surface area is 124 Å². The number of ether oxygens (including phenoxy) is 1. The summed E-state index contributed by atoms with van der Waals surface area (Å²) >= 11 is 1.66. The molecule has 20 heavy (non-hydrogen) atoms. The van der Waals surface area contributed by atoms with Gasteiger partial charge in [0.15, 0.2) is 0 Å². The maximum Gasteiger partial charge on any atom is 0.327 e. The number of carbonyl (C=O) groups is 1. The van der Waals surface area contributed by atoms with Crippen molar-refractivity contribution < 1.29 is 9.53 Å². The lowest BCUT2D eigenvalue weighted by Gasteiger charge is -2.32. The van der Waals surface area contributed by atoms with E-state index in [1.807, 2.05) is 19.4 Å². The van der Waals surface area contributed by atoms with Crippen LogP contribution in [0.1, 0.15) is 26.2 Å². The first kappa shape index (κ1) is 15.4. The molecule has 0 aliphatic heterocycles. The predicted octanol–water partition coefficient (Wildman–Crippen LogP) is 1.83. The van der Waals surface area contributed by atoms with Gasteiger partial charge in [0, 0.05) is 23.9 Å². The monoisotopic (exact) mass is 297 g/mol. The van der Waals surface area contributed by atoms with Crippen molar-refractivity contribution in [2.45, 2.75) is 36.6 Å². The van der Waals surface area contributed by atoms with Gasteiger partial charge in [-0.25, -0.2) is 0 Å². The van der Waals surface area contributed by atoms with E-state index < -0.39 is 5.54 Å². The molecule has 5 nitrogen and oxygen atoms in total. The van der Waals surface area contributed by atoms with Crippen LogP contribution in [-0.2, 0) is 16.6 Å². The highest BCUT2D eigenvalue weighted by molar-refractivity contribution is 7.99.